The summed E-state index contributed by atoms with van der Waals surface area (Å²) in [4.78, 5) is 0. The van der Waals surface area contributed by atoms with Gasteiger partial charge in [-0.3, -0.25) is 0 Å². The van der Waals surface area contributed by atoms with Crippen LogP contribution in [0.2, 0.25) is 0 Å². The van der Waals surface area contributed by atoms with Crippen LogP contribution in [0, 0.1) is 18.6 Å². The van der Waals surface area contributed by atoms with Crippen LogP contribution in [0.4, 0.5) is 14.5 Å². The highest BCUT2D eigenvalue weighted by Gasteiger charge is 2.10. The van der Waals surface area contributed by atoms with Gasteiger partial charge in [0.1, 0.15) is 11.6 Å². The zero-order valence-electron chi connectivity index (χ0n) is 10.7. The molecule has 0 aliphatic carbocycles. The van der Waals surface area contributed by atoms with Crippen molar-refractivity contribution in [1.29, 1.82) is 0 Å². The van der Waals surface area contributed by atoms with E-state index in [1.165, 1.54) is 12.1 Å². The van der Waals surface area contributed by atoms with Gasteiger partial charge in [-0.15, -0.1) is 0 Å². The zero-order valence-corrected chi connectivity index (χ0v) is 12.3. The first-order chi connectivity index (χ1) is 8.97. The molecule has 2 aromatic rings. The molecule has 100 valence electrons. The van der Waals surface area contributed by atoms with Gasteiger partial charge in [-0.2, -0.15) is 0 Å². The van der Waals surface area contributed by atoms with Crippen molar-refractivity contribution >= 4 is 21.6 Å². The van der Waals surface area contributed by atoms with Gasteiger partial charge < -0.3 is 5.32 Å². The molecule has 19 heavy (non-hydrogen) atoms. The molecule has 1 nitrogen and oxygen atoms in total. The summed E-state index contributed by atoms with van der Waals surface area (Å²) in [6.07, 6.45) is 0. The van der Waals surface area contributed by atoms with Crippen molar-refractivity contribution in [1.82, 2.24) is 0 Å². The Balaban J connectivity index is 2.25. The Bertz CT molecular complexity index is 578. The molecule has 0 aliphatic rings. The van der Waals surface area contributed by atoms with Crippen LogP contribution in [0.15, 0.2) is 40.9 Å². The van der Waals surface area contributed by atoms with Gasteiger partial charge in [-0.05, 0) is 59.1 Å². The number of rotatable bonds is 3. The lowest BCUT2D eigenvalue weighted by Gasteiger charge is -2.18. The topological polar surface area (TPSA) is 12.0 Å². The maximum atomic E-state index is 13.2. The fourth-order valence-electron chi connectivity index (χ4n) is 1.90. The van der Waals surface area contributed by atoms with E-state index in [0.717, 1.165) is 21.8 Å². The Morgan fingerprint density at radius 2 is 1.74 bits per heavy atom. The first-order valence-corrected chi connectivity index (χ1v) is 6.74. The van der Waals surface area contributed by atoms with E-state index in [4.69, 9.17) is 0 Å². The summed E-state index contributed by atoms with van der Waals surface area (Å²) in [5, 5.41) is 3.24. The third kappa shape index (κ3) is 3.32. The predicted octanol–water partition coefficient (Wildman–Crippen LogP) is 5.21. The van der Waals surface area contributed by atoms with Crippen molar-refractivity contribution < 1.29 is 8.78 Å². The van der Waals surface area contributed by atoms with Gasteiger partial charge >= 0.3 is 0 Å². The summed E-state index contributed by atoms with van der Waals surface area (Å²) in [6, 6.07) is 9.20. The molecule has 1 unspecified atom stereocenters. The quantitative estimate of drug-likeness (QED) is 0.816. The summed E-state index contributed by atoms with van der Waals surface area (Å²) in [7, 11) is 0. The van der Waals surface area contributed by atoms with Gasteiger partial charge in [-0.25, -0.2) is 8.78 Å². The van der Waals surface area contributed by atoms with Gasteiger partial charge in [0.25, 0.3) is 0 Å². The predicted molar refractivity (Wildman–Crippen MR) is 77.3 cm³/mol. The third-order valence-electron chi connectivity index (χ3n) is 2.95. The Hall–Kier alpha value is -1.42. The molecule has 2 aromatic carbocycles. The lowest BCUT2D eigenvalue weighted by atomic mass is 10.1. The minimum Gasteiger partial charge on any atom is -0.378 e. The van der Waals surface area contributed by atoms with Crippen molar-refractivity contribution in [2.45, 2.75) is 19.9 Å². The van der Waals surface area contributed by atoms with E-state index in [9.17, 15) is 8.78 Å². The molecule has 0 saturated carbocycles. The van der Waals surface area contributed by atoms with Gasteiger partial charge in [-0.1, -0.05) is 12.1 Å². The fraction of sp³-hybridized carbons (Fsp3) is 0.200. The maximum absolute atomic E-state index is 13.2. The summed E-state index contributed by atoms with van der Waals surface area (Å²) < 4.78 is 27.3. The monoisotopic (exact) mass is 325 g/mol. The average Bonchev–Trinajstić information content (AvgIpc) is 2.33. The van der Waals surface area contributed by atoms with Crippen molar-refractivity contribution in [2.24, 2.45) is 0 Å². The average molecular weight is 326 g/mol. The Labute approximate surface area is 119 Å². The van der Waals surface area contributed by atoms with Crippen LogP contribution in [0.1, 0.15) is 24.1 Å². The molecule has 2 rings (SSSR count). The van der Waals surface area contributed by atoms with Crippen LogP contribution < -0.4 is 5.32 Å². The van der Waals surface area contributed by atoms with E-state index in [1.807, 2.05) is 32.0 Å². The summed E-state index contributed by atoms with van der Waals surface area (Å²) >= 11 is 3.50. The molecule has 0 amide bonds. The fourth-order valence-corrected chi connectivity index (χ4v) is 2.28. The zero-order chi connectivity index (χ0) is 14.0. The molecular weight excluding hydrogens is 312 g/mol. The number of hydrogen-bond donors (Lipinski definition) is 1. The third-order valence-corrected chi connectivity index (χ3v) is 4.00. The number of anilines is 1. The highest BCUT2D eigenvalue weighted by atomic mass is 79.9. The molecule has 4 heteroatoms. The Morgan fingerprint density at radius 3 is 2.37 bits per heavy atom. The van der Waals surface area contributed by atoms with Crippen LogP contribution >= 0.6 is 15.9 Å². The highest BCUT2D eigenvalue weighted by Crippen LogP contribution is 2.29. The van der Waals surface area contributed by atoms with Crippen LogP contribution in [-0.4, -0.2) is 0 Å². The summed E-state index contributed by atoms with van der Waals surface area (Å²) in [5.41, 5.74) is 2.57. The van der Waals surface area contributed by atoms with Crippen molar-refractivity contribution in [3.63, 3.8) is 0 Å². The van der Waals surface area contributed by atoms with E-state index in [2.05, 4.69) is 21.2 Å². The number of hydrogen-bond acceptors (Lipinski definition) is 1. The molecule has 0 saturated heterocycles. The standard InChI is InChI=1S/C15H14BrF2N/c1-9-4-3-5-14(15(9)16)19-10(2)11-6-12(17)8-13(18)7-11/h3-8,10,19H,1-2H3. The minimum atomic E-state index is -0.563. The van der Waals surface area contributed by atoms with Crippen LogP contribution in [0.3, 0.4) is 0 Å². The largest absolute Gasteiger partial charge is 0.378 e. The highest BCUT2D eigenvalue weighted by molar-refractivity contribution is 9.10. The van der Waals surface area contributed by atoms with E-state index >= 15 is 0 Å². The molecular formula is C15H14BrF2N. The maximum Gasteiger partial charge on any atom is 0.126 e. The van der Waals surface area contributed by atoms with Gasteiger partial charge in [0, 0.05) is 22.3 Å². The molecule has 0 aromatic heterocycles. The second-order valence-electron chi connectivity index (χ2n) is 4.51. The van der Waals surface area contributed by atoms with Gasteiger partial charge in [0.2, 0.25) is 0 Å². The van der Waals surface area contributed by atoms with Crippen LogP contribution in [0.5, 0.6) is 0 Å². The van der Waals surface area contributed by atoms with E-state index < -0.39 is 11.6 Å². The van der Waals surface area contributed by atoms with Crippen LogP contribution in [0.25, 0.3) is 0 Å². The second kappa shape index (κ2) is 5.70. The second-order valence-corrected chi connectivity index (χ2v) is 5.30. The number of aryl methyl sites for hydroxylation is 1. The van der Waals surface area contributed by atoms with Crippen molar-refractivity contribution in [3.05, 3.63) is 63.6 Å². The smallest absolute Gasteiger partial charge is 0.126 e. The molecule has 0 heterocycles. The van der Waals surface area contributed by atoms with Crippen molar-refractivity contribution in [2.75, 3.05) is 5.32 Å². The van der Waals surface area contributed by atoms with Crippen molar-refractivity contribution in [3.8, 4) is 0 Å². The number of benzene rings is 2. The molecule has 0 radical (unpaired) electrons. The van der Waals surface area contributed by atoms with E-state index in [0.29, 0.717) is 5.56 Å². The Kier molecular flexibility index (Phi) is 4.20. The molecule has 1 atom stereocenters. The molecule has 0 bridgehead atoms. The normalized spacial score (nSPS) is 12.3. The van der Waals surface area contributed by atoms with E-state index in [-0.39, 0.29) is 6.04 Å². The Morgan fingerprint density at radius 1 is 1.11 bits per heavy atom. The SMILES string of the molecule is Cc1cccc(NC(C)c2cc(F)cc(F)c2)c1Br. The molecule has 0 fully saturated rings. The van der Waals surface area contributed by atoms with Gasteiger partial charge in [0.05, 0.1) is 0 Å². The minimum absolute atomic E-state index is 0.191. The summed E-state index contributed by atoms with van der Waals surface area (Å²) in [5.74, 6) is -1.13. The number of halogens is 3. The lowest BCUT2D eigenvalue weighted by molar-refractivity contribution is 0.577. The van der Waals surface area contributed by atoms with Crippen LogP contribution in [-0.2, 0) is 0 Å². The molecule has 1 N–H and O–H groups in total. The van der Waals surface area contributed by atoms with Gasteiger partial charge in [0.15, 0.2) is 0 Å². The molecule has 0 spiro atoms. The number of nitrogens with one attached hydrogen (secondary N) is 1. The van der Waals surface area contributed by atoms with E-state index in [1.54, 1.807) is 0 Å². The first kappa shape index (κ1) is 14.0. The lowest BCUT2D eigenvalue weighted by Crippen LogP contribution is -2.08. The molecule has 0 aliphatic heterocycles. The summed E-state index contributed by atoms with van der Waals surface area (Å²) in [6.45, 7) is 3.85. The first-order valence-electron chi connectivity index (χ1n) is 5.95.